The van der Waals surface area contributed by atoms with E-state index in [1.807, 2.05) is 6.92 Å². The maximum Gasteiger partial charge on any atom is 0.252 e. The van der Waals surface area contributed by atoms with Gasteiger partial charge in [0, 0.05) is 17.3 Å². The molecule has 6 heteroatoms. The minimum atomic E-state index is -0.567. The van der Waals surface area contributed by atoms with E-state index in [0.29, 0.717) is 11.4 Å². The van der Waals surface area contributed by atoms with E-state index in [0.717, 1.165) is 31.4 Å². The number of amides is 2. The molecule has 0 aliphatic heterocycles. The number of nitrogen functional groups attached to an aromatic ring is 1. The summed E-state index contributed by atoms with van der Waals surface area (Å²) in [4.78, 5) is 28.2. The molecule has 21 heavy (non-hydrogen) atoms. The van der Waals surface area contributed by atoms with Crippen molar-refractivity contribution in [3.8, 4) is 0 Å². The number of aromatic nitrogens is 1. The molecule has 1 aliphatic carbocycles. The Morgan fingerprint density at radius 3 is 2.76 bits per heavy atom. The number of nitrogens with one attached hydrogen (secondary N) is 2. The van der Waals surface area contributed by atoms with Crippen LogP contribution in [0.5, 0.6) is 0 Å². The van der Waals surface area contributed by atoms with E-state index in [1.165, 1.54) is 6.07 Å². The van der Waals surface area contributed by atoms with Crippen LogP contribution in [0, 0.1) is 0 Å². The molecule has 114 valence electrons. The van der Waals surface area contributed by atoms with E-state index in [4.69, 9.17) is 5.73 Å². The lowest BCUT2D eigenvalue weighted by molar-refractivity contribution is -0.122. The molecule has 1 fully saturated rings. The number of hydrogen-bond acceptors (Lipinski definition) is 4. The number of anilines is 1. The van der Waals surface area contributed by atoms with E-state index in [2.05, 4.69) is 15.6 Å². The Balaban J connectivity index is 1.99. The zero-order valence-electron chi connectivity index (χ0n) is 12.5. The van der Waals surface area contributed by atoms with Crippen LogP contribution in [0.25, 0.3) is 0 Å². The van der Waals surface area contributed by atoms with Gasteiger partial charge in [0.15, 0.2) is 0 Å². The van der Waals surface area contributed by atoms with Gasteiger partial charge in [-0.25, -0.2) is 4.98 Å². The summed E-state index contributed by atoms with van der Waals surface area (Å²) in [6.45, 7) is 3.71. The fourth-order valence-electron chi connectivity index (χ4n) is 2.03. The van der Waals surface area contributed by atoms with Gasteiger partial charge in [-0.05, 0) is 38.3 Å². The first kappa shape index (κ1) is 15.3. The smallest absolute Gasteiger partial charge is 0.252 e. The molecule has 0 spiro atoms. The standard InChI is InChI=1S/C15H22N4O2/c1-3-4-12-7-10(8-13(16)18-12)15(21)17-9(2)14(20)19-11-5-6-11/h7-9,11H,3-6H2,1-2H3,(H2,16,18)(H,17,21)(H,19,20). The Kier molecular flexibility index (Phi) is 4.77. The number of pyridine rings is 1. The fourth-order valence-corrected chi connectivity index (χ4v) is 2.03. The maximum absolute atomic E-state index is 12.2. The highest BCUT2D eigenvalue weighted by Crippen LogP contribution is 2.18. The summed E-state index contributed by atoms with van der Waals surface area (Å²) in [6, 6.07) is 2.97. The zero-order valence-corrected chi connectivity index (χ0v) is 12.5. The third-order valence-corrected chi connectivity index (χ3v) is 3.33. The van der Waals surface area contributed by atoms with Gasteiger partial charge in [0.1, 0.15) is 11.9 Å². The second-order valence-corrected chi connectivity index (χ2v) is 5.50. The second-order valence-electron chi connectivity index (χ2n) is 5.50. The van der Waals surface area contributed by atoms with Crippen LogP contribution in [0.3, 0.4) is 0 Å². The van der Waals surface area contributed by atoms with Crippen LogP contribution < -0.4 is 16.4 Å². The molecule has 1 aromatic rings. The minimum absolute atomic E-state index is 0.151. The number of nitrogens with two attached hydrogens (primary N) is 1. The highest BCUT2D eigenvalue weighted by atomic mass is 16.2. The molecule has 1 saturated carbocycles. The average Bonchev–Trinajstić information content (AvgIpc) is 3.22. The minimum Gasteiger partial charge on any atom is -0.384 e. The Bertz CT molecular complexity index is 540. The van der Waals surface area contributed by atoms with Crippen molar-refractivity contribution in [3.63, 3.8) is 0 Å². The third kappa shape index (κ3) is 4.44. The van der Waals surface area contributed by atoms with Gasteiger partial charge < -0.3 is 16.4 Å². The normalized spacial score (nSPS) is 15.3. The Labute approximate surface area is 124 Å². The monoisotopic (exact) mass is 290 g/mol. The van der Waals surface area contributed by atoms with Crippen LogP contribution in [0.1, 0.15) is 49.2 Å². The van der Waals surface area contributed by atoms with Gasteiger partial charge in [0.25, 0.3) is 5.91 Å². The van der Waals surface area contributed by atoms with Gasteiger partial charge in [0.2, 0.25) is 5.91 Å². The molecule has 0 aromatic carbocycles. The summed E-state index contributed by atoms with van der Waals surface area (Å²) in [5.41, 5.74) is 6.95. The van der Waals surface area contributed by atoms with Gasteiger partial charge >= 0.3 is 0 Å². The summed E-state index contributed by atoms with van der Waals surface area (Å²) < 4.78 is 0. The van der Waals surface area contributed by atoms with Crippen molar-refractivity contribution in [1.82, 2.24) is 15.6 Å². The fraction of sp³-hybridized carbons (Fsp3) is 0.533. The lowest BCUT2D eigenvalue weighted by Gasteiger charge is -2.14. The Morgan fingerprint density at radius 1 is 1.43 bits per heavy atom. The van der Waals surface area contributed by atoms with Crippen LogP contribution in [0.2, 0.25) is 0 Å². The number of aryl methyl sites for hydroxylation is 1. The molecule has 1 atom stereocenters. The quantitative estimate of drug-likeness (QED) is 0.728. The summed E-state index contributed by atoms with van der Waals surface area (Å²) >= 11 is 0. The van der Waals surface area contributed by atoms with Gasteiger partial charge in [-0.1, -0.05) is 13.3 Å². The third-order valence-electron chi connectivity index (χ3n) is 3.33. The van der Waals surface area contributed by atoms with Gasteiger partial charge in [-0.2, -0.15) is 0 Å². The van der Waals surface area contributed by atoms with Crippen LogP contribution in [0.4, 0.5) is 5.82 Å². The molecule has 4 N–H and O–H groups in total. The van der Waals surface area contributed by atoms with E-state index >= 15 is 0 Å². The van der Waals surface area contributed by atoms with Crippen molar-refractivity contribution in [2.24, 2.45) is 0 Å². The molecule has 1 aromatic heterocycles. The summed E-state index contributed by atoms with van der Waals surface area (Å²) in [7, 11) is 0. The van der Waals surface area contributed by atoms with Crippen molar-refractivity contribution >= 4 is 17.6 Å². The predicted molar refractivity (Wildman–Crippen MR) is 80.7 cm³/mol. The molecule has 1 aliphatic rings. The van der Waals surface area contributed by atoms with E-state index in [-0.39, 0.29) is 17.9 Å². The van der Waals surface area contributed by atoms with Crippen LogP contribution in [0.15, 0.2) is 12.1 Å². The maximum atomic E-state index is 12.2. The van der Waals surface area contributed by atoms with Gasteiger partial charge in [-0.3, -0.25) is 9.59 Å². The summed E-state index contributed by atoms with van der Waals surface area (Å²) in [6.07, 6.45) is 3.74. The first-order valence-electron chi connectivity index (χ1n) is 7.37. The molecule has 6 nitrogen and oxygen atoms in total. The van der Waals surface area contributed by atoms with Crippen molar-refractivity contribution < 1.29 is 9.59 Å². The van der Waals surface area contributed by atoms with Crippen LogP contribution in [-0.2, 0) is 11.2 Å². The first-order chi connectivity index (χ1) is 9.99. The summed E-state index contributed by atoms with van der Waals surface area (Å²) in [5, 5.41) is 5.55. The largest absolute Gasteiger partial charge is 0.384 e. The zero-order chi connectivity index (χ0) is 15.4. The molecule has 0 saturated heterocycles. The predicted octanol–water partition coefficient (Wildman–Crippen LogP) is 1.01. The molecule has 2 amide bonds. The van der Waals surface area contributed by atoms with Crippen molar-refractivity contribution in [2.45, 2.75) is 51.6 Å². The molecule has 0 radical (unpaired) electrons. The van der Waals surface area contributed by atoms with Crippen molar-refractivity contribution in [1.29, 1.82) is 0 Å². The second kappa shape index (κ2) is 6.56. The van der Waals surface area contributed by atoms with Gasteiger partial charge in [-0.15, -0.1) is 0 Å². The molecule has 1 unspecified atom stereocenters. The lowest BCUT2D eigenvalue weighted by atomic mass is 10.1. The Hall–Kier alpha value is -2.11. The SMILES string of the molecule is CCCc1cc(C(=O)NC(C)C(=O)NC2CC2)cc(N)n1. The van der Waals surface area contributed by atoms with Crippen LogP contribution >= 0.6 is 0 Å². The molecular formula is C15H22N4O2. The first-order valence-corrected chi connectivity index (χ1v) is 7.37. The average molecular weight is 290 g/mol. The van der Waals surface area contributed by atoms with E-state index in [9.17, 15) is 9.59 Å². The van der Waals surface area contributed by atoms with Crippen molar-refractivity contribution in [2.75, 3.05) is 5.73 Å². The molecule has 1 heterocycles. The molecule has 2 rings (SSSR count). The highest BCUT2D eigenvalue weighted by Gasteiger charge is 2.26. The highest BCUT2D eigenvalue weighted by molar-refractivity contribution is 5.98. The van der Waals surface area contributed by atoms with Crippen molar-refractivity contribution in [3.05, 3.63) is 23.4 Å². The number of nitrogens with zero attached hydrogens (tertiary/aromatic N) is 1. The number of carbonyl (C=O) groups is 2. The number of rotatable bonds is 6. The van der Waals surface area contributed by atoms with Crippen LogP contribution in [-0.4, -0.2) is 28.9 Å². The number of hydrogen-bond donors (Lipinski definition) is 3. The van der Waals surface area contributed by atoms with E-state index in [1.54, 1.807) is 13.0 Å². The lowest BCUT2D eigenvalue weighted by Crippen LogP contribution is -2.45. The molecule has 0 bridgehead atoms. The Morgan fingerprint density at radius 2 is 2.14 bits per heavy atom. The van der Waals surface area contributed by atoms with E-state index < -0.39 is 6.04 Å². The number of carbonyl (C=O) groups excluding carboxylic acids is 2. The molecular weight excluding hydrogens is 268 g/mol. The topological polar surface area (TPSA) is 97.1 Å². The summed E-state index contributed by atoms with van der Waals surface area (Å²) in [5.74, 6) is -0.136. The van der Waals surface area contributed by atoms with Gasteiger partial charge in [0.05, 0.1) is 0 Å².